The van der Waals surface area contributed by atoms with Gasteiger partial charge in [0.1, 0.15) is 5.75 Å². The molecule has 0 bridgehead atoms. The number of fused-ring (bicyclic) bond motifs is 1. The van der Waals surface area contributed by atoms with E-state index >= 15 is 0 Å². The minimum absolute atomic E-state index is 0.0557. The number of hydrogen-bond acceptors (Lipinski definition) is 3. The average molecular weight is 385 g/mol. The number of ether oxygens (including phenoxy) is 1. The maximum absolute atomic E-state index is 12.4. The predicted octanol–water partition coefficient (Wildman–Crippen LogP) is 4.92. The topological polar surface area (TPSA) is 66.2 Å². The zero-order chi connectivity index (χ0) is 20.1. The van der Waals surface area contributed by atoms with Gasteiger partial charge in [-0.15, -0.1) is 0 Å². The lowest BCUT2D eigenvalue weighted by Gasteiger charge is -2.09. The molecule has 0 saturated carbocycles. The van der Waals surface area contributed by atoms with Gasteiger partial charge >= 0.3 is 0 Å². The number of rotatable bonds is 7. The van der Waals surface area contributed by atoms with Gasteiger partial charge in [-0.2, -0.15) is 0 Å². The summed E-state index contributed by atoms with van der Waals surface area (Å²) in [5, 5.41) is 1.14. The molecule has 1 aromatic heterocycles. The Labute approximate surface area is 169 Å². The number of carbonyl (C=O) groups is 1. The maximum Gasteiger partial charge on any atom is 0.238 e. The number of methoxy groups -OCH3 is 1. The maximum atomic E-state index is 12.4. The van der Waals surface area contributed by atoms with Crippen LogP contribution in [-0.4, -0.2) is 18.0 Å². The van der Waals surface area contributed by atoms with E-state index in [-0.39, 0.29) is 5.91 Å². The second-order valence-electron chi connectivity index (χ2n) is 6.79. The largest absolute Gasteiger partial charge is 0.497 e. The summed E-state index contributed by atoms with van der Waals surface area (Å²) in [5.74, 6) is 0.762. The summed E-state index contributed by atoms with van der Waals surface area (Å²) < 4.78 is 5.27. The van der Waals surface area contributed by atoms with Crippen molar-refractivity contribution in [3.63, 3.8) is 0 Å². The highest BCUT2D eigenvalue weighted by Crippen LogP contribution is 2.32. The minimum atomic E-state index is -0.0557. The van der Waals surface area contributed by atoms with Crippen molar-refractivity contribution in [2.24, 2.45) is 0 Å². The van der Waals surface area contributed by atoms with Gasteiger partial charge in [-0.25, -0.2) is 0 Å². The molecule has 0 saturated heterocycles. The molecule has 0 aliphatic carbocycles. The summed E-state index contributed by atoms with van der Waals surface area (Å²) in [6.07, 6.45) is 1.01. The van der Waals surface area contributed by atoms with Gasteiger partial charge in [-0.05, 0) is 60.0 Å². The number of aromatic nitrogens is 1. The van der Waals surface area contributed by atoms with Crippen LogP contribution in [0, 0.1) is 0 Å². The van der Waals surface area contributed by atoms with E-state index in [1.54, 1.807) is 7.11 Å². The van der Waals surface area contributed by atoms with E-state index in [1.165, 1.54) is 0 Å². The van der Waals surface area contributed by atoms with E-state index in [1.807, 2.05) is 66.7 Å². The Morgan fingerprint density at radius 1 is 0.931 bits per heavy atom. The summed E-state index contributed by atoms with van der Waals surface area (Å²) >= 11 is 0. The Morgan fingerprint density at radius 3 is 2.41 bits per heavy atom. The van der Waals surface area contributed by atoms with Gasteiger partial charge in [0.2, 0.25) is 5.91 Å². The number of amides is 1. The van der Waals surface area contributed by atoms with E-state index in [9.17, 15) is 4.79 Å². The molecule has 0 spiro atoms. The molecule has 0 radical (unpaired) electrons. The number of hydrogen-bond donors (Lipinski definition) is 3. The number of H-pyrrole nitrogens is 1. The van der Waals surface area contributed by atoms with E-state index in [4.69, 9.17) is 4.74 Å². The third kappa shape index (κ3) is 4.24. The molecule has 1 heterocycles. The standard InChI is InChI=1S/C24H23N3O2/c1-29-19-13-11-17(12-14-19)24-21(20-9-5-6-10-22(20)25-24)15-16-23(28)27-26-18-7-3-2-4-8-18/h2-14,25-26H,15-16H2,1H3,(H,27,28). The molecule has 3 N–H and O–H groups in total. The van der Waals surface area contributed by atoms with E-state index in [0.717, 1.165) is 39.2 Å². The lowest BCUT2D eigenvalue weighted by Crippen LogP contribution is -2.29. The molecule has 0 atom stereocenters. The van der Waals surface area contributed by atoms with E-state index in [2.05, 4.69) is 28.0 Å². The quantitative estimate of drug-likeness (QED) is 0.396. The molecule has 0 aliphatic rings. The zero-order valence-electron chi connectivity index (χ0n) is 16.2. The molecule has 29 heavy (non-hydrogen) atoms. The third-order valence-corrected chi connectivity index (χ3v) is 4.91. The van der Waals surface area contributed by atoms with Gasteiger partial charge < -0.3 is 9.72 Å². The van der Waals surface area contributed by atoms with Crippen LogP contribution in [-0.2, 0) is 11.2 Å². The first-order chi connectivity index (χ1) is 14.2. The molecule has 0 aliphatic heterocycles. The molecule has 0 fully saturated rings. The average Bonchev–Trinajstić information content (AvgIpc) is 3.15. The summed E-state index contributed by atoms with van der Waals surface area (Å²) in [6, 6.07) is 25.7. The van der Waals surface area contributed by atoms with E-state index < -0.39 is 0 Å². The number of anilines is 1. The Balaban J connectivity index is 1.53. The summed E-state index contributed by atoms with van der Waals surface area (Å²) in [6.45, 7) is 0. The van der Waals surface area contributed by atoms with Crippen molar-refractivity contribution >= 4 is 22.5 Å². The number of nitrogens with one attached hydrogen (secondary N) is 3. The van der Waals surface area contributed by atoms with E-state index in [0.29, 0.717) is 12.8 Å². The molecule has 146 valence electrons. The second kappa shape index (κ2) is 8.52. The molecule has 4 aromatic rings. The number of aryl methyl sites for hydroxylation is 1. The van der Waals surface area contributed by atoms with Crippen molar-refractivity contribution in [3.05, 3.63) is 84.4 Å². The summed E-state index contributed by atoms with van der Waals surface area (Å²) in [4.78, 5) is 15.9. The number of hydrazine groups is 1. The molecule has 3 aromatic carbocycles. The molecule has 0 unspecified atom stereocenters. The summed E-state index contributed by atoms with van der Waals surface area (Å²) in [7, 11) is 1.66. The molecular formula is C24H23N3O2. The fraction of sp³-hybridized carbons (Fsp3) is 0.125. The Hall–Kier alpha value is -3.73. The highest BCUT2D eigenvalue weighted by molar-refractivity contribution is 5.91. The van der Waals surface area contributed by atoms with Crippen LogP contribution in [0.2, 0.25) is 0 Å². The highest BCUT2D eigenvalue weighted by Gasteiger charge is 2.14. The number of carbonyl (C=O) groups excluding carboxylic acids is 1. The third-order valence-electron chi connectivity index (χ3n) is 4.91. The fourth-order valence-electron chi connectivity index (χ4n) is 3.43. The van der Waals surface area contributed by atoms with Crippen LogP contribution in [0.25, 0.3) is 22.2 Å². The number of para-hydroxylation sites is 2. The lowest BCUT2D eigenvalue weighted by atomic mass is 10.0. The first-order valence-electron chi connectivity index (χ1n) is 9.58. The van der Waals surface area contributed by atoms with Crippen molar-refractivity contribution in [3.8, 4) is 17.0 Å². The SMILES string of the molecule is COc1ccc(-c2[nH]c3ccccc3c2CCC(=O)NNc2ccccc2)cc1. The monoisotopic (exact) mass is 385 g/mol. The van der Waals surface area contributed by atoms with Crippen molar-refractivity contribution in [1.82, 2.24) is 10.4 Å². The van der Waals surface area contributed by atoms with Gasteiger partial charge in [-0.1, -0.05) is 36.4 Å². The zero-order valence-corrected chi connectivity index (χ0v) is 16.2. The Bertz CT molecular complexity index is 1100. The molecule has 1 amide bonds. The molecule has 5 nitrogen and oxygen atoms in total. The first-order valence-corrected chi connectivity index (χ1v) is 9.58. The van der Waals surface area contributed by atoms with Gasteiger partial charge in [0, 0.05) is 23.0 Å². The van der Waals surface area contributed by atoms with Crippen molar-refractivity contribution in [2.75, 3.05) is 12.5 Å². The highest BCUT2D eigenvalue weighted by atomic mass is 16.5. The van der Waals surface area contributed by atoms with Gasteiger partial charge in [-0.3, -0.25) is 15.6 Å². The lowest BCUT2D eigenvalue weighted by molar-refractivity contribution is -0.120. The van der Waals surface area contributed by atoms with Crippen molar-refractivity contribution in [1.29, 1.82) is 0 Å². The molecular weight excluding hydrogens is 362 g/mol. The first kappa shape index (κ1) is 18.6. The molecule has 4 rings (SSSR count). The van der Waals surface area contributed by atoms with Gasteiger partial charge in [0.05, 0.1) is 12.8 Å². The fourth-order valence-corrected chi connectivity index (χ4v) is 3.43. The smallest absolute Gasteiger partial charge is 0.238 e. The van der Waals surface area contributed by atoms with Crippen LogP contribution < -0.4 is 15.6 Å². The van der Waals surface area contributed by atoms with Gasteiger partial charge in [0.15, 0.2) is 0 Å². The normalized spacial score (nSPS) is 10.7. The van der Waals surface area contributed by atoms with Crippen LogP contribution in [0.15, 0.2) is 78.9 Å². The Morgan fingerprint density at radius 2 is 1.66 bits per heavy atom. The van der Waals surface area contributed by atoms with Crippen molar-refractivity contribution in [2.45, 2.75) is 12.8 Å². The van der Waals surface area contributed by atoms with Gasteiger partial charge in [0.25, 0.3) is 0 Å². The molecule has 5 heteroatoms. The second-order valence-corrected chi connectivity index (χ2v) is 6.79. The van der Waals surface area contributed by atoms with Crippen LogP contribution in [0.3, 0.4) is 0 Å². The van der Waals surface area contributed by atoms with Crippen LogP contribution in [0.1, 0.15) is 12.0 Å². The van der Waals surface area contributed by atoms with Crippen molar-refractivity contribution < 1.29 is 9.53 Å². The van der Waals surface area contributed by atoms with Crippen LogP contribution >= 0.6 is 0 Å². The number of aromatic amines is 1. The Kier molecular flexibility index (Phi) is 5.47. The summed E-state index contributed by atoms with van der Waals surface area (Å²) in [5.41, 5.74) is 10.9. The predicted molar refractivity (Wildman–Crippen MR) is 117 cm³/mol. The van der Waals surface area contributed by atoms with Crippen LogP contribution in [0.5, 0.6) is 5.75 Å². The minimum Gasteiger partial charge on any atom is -0.497 e. The number of benzene rings is 3. The van der Waals surface area contributed by atoms with Crippen LogP contribution in [0.4, 0.5) is 5.69 Å².